The molecule has 76 valence electrons. The Morgan fingerprint density at radius 1 is 1.43 bits per heavy atom. The summed E-state index contributed by atoms with van der Waals surface area (Å²) in [5, 5.41) is 1.62. The van der Waals surface area contributed by atoms with Crippen molar-refractivity contribution in [3.8, 4) is 0 Å². The molecular weight excluding hydrogens is 196 g/mol. The number of benzene rings is 1. The molecule has 1 aromatic rings. The van der Waals surface area contributed by atoms with Gasteiger partial charge in [-0.25, -0.2) is 0 Å². The van der Waals surface area contributed by atoms with Gasteiger partial charge in [-0.2, -0.15) is 0 Å². The zero-order valence-electron chi connectivity index (χ0n) is 8.40. The second-order valence-electron chi connectivity index (χ2n) is 2.78. The molecule has 3 heteroatoms. The molecular formula is C11H14O2S. The molecule has 0 N–H and O–H groups in total. The molecule has 14 heavy (non-hydrogen) atoms. The summed E-state index contributed by atoms with van der Waals surface area (Å²) in [5.41, 5.74) is 0.963. The number of ether oxygens (including phenoxy) is 1. The van der Waals surface area contributed by atoms with E-state index in [1.54, 1.807) is 11.7 Å². The van der Waals surface area contributed by atoms with Crippen molar-refractivity contribution in [3.05, 3.63) is 41.3 Å². The van der Waals surface area contributed by atoms with E-state index >= 15 is 0 Å². The maximum absolute atomic E-state index is 11.1. The molecule has 0 aliphatic carbocycles. The first-order chi connectivity index (χ1) is 6.74. The Hall–Kier alpha value is -1.09. The van der Waals surface area contributed by atoms with Crippen LogP contribution in [-0.4, -0.2) is 17.1 Å². The molecule has 0 spiro atoms. The average Bonchev–Trinajstić information content (AvgIpc) is 2.18. The van der Waals surface area contributed by atoms with Crippen molar-refractivity contribution in [3.63, 3.8) is 0 Å². The molecule has 0 aliphatic heterocycles. The minimum absolute atomic E-state index is 0.581. The second kappa shape index (κ2) is 5.60. The lowest BCUT2D eigenvalue weighted by Crippen LogP contribution is -1.93. The van der Waals surface area contributed by atoms with Gasteiger partial charge in [0, 0.05) is 28.0 Å². The van der Waals surface area contributed by atoms with Crippen LogP contribution in [0.15, 0.2) is 35.7 Å². The van der Waals surface area contributed by atoms with Crippen molar-refractivity contribution >= 4 is 16.6 Å². The van der Waals surface area contributed by atoms with E-state index in [1.165, 1.54) is 0 Å². The Morgan fingerprint density at radius 2 is 2.07 bits per heavy atom. The van der Waals surface area contributed by atoms with Crippen LogP contribution in [0.1, 0.15) is 12.5 Å². The van der Waals surface area contributed by atoms with E-state index in [-0.39, 0.29) is 0 Å². The zero-order valence-corrected chi connectivity index (χ0v) is 9.21. The van der Waals surface area contributed by atoms with Crippen LogP contribution in [0.5, 0.6) is 0 Å². The third kappa shape index (κ3) is 3.34. The largest absolute Gasteiger partial charge is 0.493 e. The average molecular weight is 210 g/mol. The molecule has 0 bridgehead atoms. The van der Waals surface area contributed by atoms with Crippen molar-refractivity contribution in [2.24, 2.45) is 0 Å². The molecule has 1 atom stereocenters. The lowest BCUT2D eigenvalue weighted by Gasteiger charge is -2.07. The Kier molecular flexibility index (Phi) is 4.40. The van der Waals surface area contributed by atoms with Gasteiger partial charge in [-0.05, 0) is 6.92 Å². The predicted molar refractivity (Wildman–Crippen MR) is 60.1 cm³/mol. The summed E-state index contributed by atoms with van der Waals surface area (Å²) >= 11 is 0. The van der Waals surface area contributed by atoms with E-state index in [2.05, 4.69) is 0 Å². The first-order valence-corrected chi connectivity index (χ1v) is 6.08. The van der Waals surface area contributed by atoms with Gasteiger partial charge >= 0.3 is 0 Å². The van der Waals surface area contributed by atoms with Gasteiger partial charge in [-0.15, -0.1) is 0 Å². The zero-order chi connectivity index (χ0) is 10.4. The molecule has 1 rings (SSSR count). The van der Waals surface area contributed by atoms with Gasteiger partial charge in [-0.3, -0.25) is 4.21 Å². The fraction of sp³-hybridized carbons (Fsp3) is 0.273. The molecule has 0 aliphatic rings. The topological polar surface area (TPSA) is 26.3 Å². The minimum atomic E-state index is -0.985. The van der Waals surface area contributed by atoms with Gasteiger partial charge in [0.15, 0.2) is 0 Å². The fourth-order valence-corrected chi connectivity index (χ4v) is 1.60. The van der Waals surface area contributed by atoms with Crippen molar-refractivity contribution in [1.82, 2.24) is 0 Å². The van der Waals surface area contributed by atoms with Gasteiger partial charge in [0.05, 0.1) is 6.61 Å². The maximum atomic E-state index is 11.1. The number of rotatable bonds is 4. The summed E-state index contributed by atoms with van der Waals surface area (Å²) in [7, 11) is -0.985. The van der Waals surface area contributed by atoms with Gasteiger partial charge < -0.3 is 4.74 Å². The third-order valence-corrected chi connectivity index (χ3v) is 2.18. The molecule has 0 saturated heterocycles. The summed E-state index contributed by atoms with van der Waals surface area (Å²) in [5.74, 6) is 0.689. The van der Waals surface area contributed by atoms with Crippen LogP contribution in [0.25, 0.3) is 5.76 Å². The highest BCUT2D eigenvalue weighted by Crippen LogP contribution is 2.15. The van der Waals surface area contributed by atoms with Crippen LogP contribution < -0.4 is 0 Å². The maximum Gasteiger partial charge on any atom is 0.135 e. The van der Waals surface area contributed by atoms with Crippen molar-refractivity contribution in [2.75, 3.05) is 12.9 Å². The van der Waals surface area contributed by atoms with Crippen molar-refractivity contribution in [1.29, 1.82) is 0 Å². The van der Waals surface area contributed by atoms with Crippen LogP contribution in [0, 0.1) is 0 Å². The molecule has 0 fully saturated rings. The highest BCUT2D eigenvalue weighted by Gasteiger charge is 2.01. The lowest BCUT2D eigenvalue weighted by molar-refractivity contribution is 0.298. The van der Waals surface area contributed by atoms with E-state index < -0.39 is 10.8 Å². The Bertz CT molecular complexity index is 330. The SMILES string of the molecule is CCO/C(=C/S(C)=O)c1ccccc1. The normalized spacial score (nSPS) is 13.7. The van der Waals surface area contributed by atoms with E-state index in [1.807, 2.05) is 37.3 Å². The summed E-state index contributed by atoms with van der Waals surface area (Å²) in [6, 6.07) is 9.68. The van der Waals surface area contributed by atoms with Crippen LogP contribution in [0.4, 0.5) is 0 Å². The highest BCUT2D eigenvalue weighted by molar-refractivity contribution is 7.87. The quantitative estimate of drug-likeness (QED) is 0.713. The van der Waals surface area contributed by atoms with E-state index in [0.29, 0.717) is 12.4 Å². The minimum Gasteiger partial charge on any atom is -0.493 e. The van der Waals surface area contributed by atoms with Gasteiger partial charge in [0.1, 0.15) is 5.76 Å². The van der Waals surface area contributed by atoms with Crippen LogP contribution in [0.2, 0.25) is 0 Å². The monoisotopic (exact) mass is 210 g/mol. The molecule has 2 nitrogen and oxygen atoms in total. The van der Waals surface area contributed by atoms with Gasteiger partial charge in [0.25, 0.3) is 0 Å². The van der Waals surface area contributed by atoms with Gasteiger partial charge in [0.2, 0.25) is 0 Å². The molecule has 1 aromatic carbocycles. The Labute approximate surface area is 87.1 Å². The Morgan fingerprint density at radius 3 is 2.57 bits per heavy atom. The smallest absolute Gasteiger partial charge is 0.135 e. The molecule has 0 heterocycles. The van der Waals surface area contributed by atoms with Crippen molar-refractivity contribution in [2.45, 2.75) is 6.92 Å². The first kappa shape index (κ1) is 11.0. The summed E-state index contributed by atoms with van der Waals surface area (Å²) in [4.78, 5) is 0. The summed E-state index contributed by atoms with van der Waals surface area (Å²) < 4.78 is 16.5. The van der Waals surface area contributed by atoms with E-state index in [4.69, 9.17) is 4.74 Å². The van der Waals surface area contributed by atoms with Crippen molar-refractivity contribution < 1.29 is 8.95 Å². The molecule has 0 amide bonds. The fourth-order valence-electron chi connectivity index (χ4n) is 1.09. The molecule has 0 saturated carbocycles. The predicted octanol–water partition coefficient (Wildman–Crippen LogP) is 2.40. The highest BCUT2D eigenvalue weighted by atomic mass is 32.2. The van der Waals surface area contributed by atoms with Crippen LogP contribution in [-0.2, 0) is 15.5 Å². The van der Waals surface area contributed by atoms with Crippen LogP contribution >= 0.6 is 0 Å². The molecule has 1 unspecified atom stereocenters. The molecule has 0 radical (unpaired) electrons. The van der Waals surface area contributed by atoms with Gasteiger partial charge in [-0.1, -0.05) is 30.3 Å². The third-order valence-electron chi connectivity index (χ3n) is 1.63. The number of hydrogen-bond acceptors (Lipinski definition) is 2. The summed E-state index contributed by atoms with van der Waals surface area (Å²) in [6.45, 7) is 2.49. The first-order valence-electron chi connectivity index (χ1n) is 4.46. The Balaban J connectivity index is 2.94. The second-order valence-corrected chi connectivity index (χ2v) is 4.01. The van der Waals surface area contributed by atoms with E-state index in [9.17, 15) is 4.21 Å². The van der Waals surface area contributed by atoms with E-state index in [0.717, 1.165) is 5.56 Å². The van der Waals surface area contributed by atoms with Crippen LogP contribution in [0.3, 0.4) is 0 Å². The number of hydrogen-bond donors (Lipinski definition) is 0. The lowest BCUT2D eigenvalue weighted by atomic mass is 10.2. The summed E-state index contributed by atoms with van der Waals surface area (Å²) in [6.07, 6.45) is 1.63. The molecule has 0 aromatic heterocycles. The standard InChI is InChI=1S/C11H14O2S/c1-3-13-11(9-14(2)12)10-7-5-4-6-8-10/h4-9H,3H2,1-2H3/b11-9+.